The number of alkyl halides is 6. The van der Waals surface area contributed by atoms with Gasteiger partial charge in [0.05, 0.1) is 5.56 Å². The molecule has 1 aromatic rings. The molecule has 0 saturated heterocycles. The van der Waals surface area contributed by atoms with Gasteiger partial charge in [-0.1, -0.05) is 18.2 Å². The van der Waals surface area contributed by atoms with Crippen molar-refractivity contribution in [3.63, 3.8) is 0 Å². The lowest BCUT2D eigenvalue weighted by Crippen LogP contribution is -2.38. The average Bonchev–Trinajstić information content (AvgIpc) is 2.28. The molecular weight excluding hydrogens is 276 g/mol. The van der Waals surface area contributed by atoms with Gasteiger partial charge in [-0.2, -0.15) is 26.3 Å². The standard InChI is InChI=1S/C11H11F6NO/c12-10(13,14)7-3-1-2-6(4-7)8(5-18)9(19)11(15,16)17/h1-4,8-9,19H,5,18H2. The molecule has 0 amide bonds. The van der Waals surface area contributed by atoms with Crippen LogP contribution in [0.25, 0.3) is 0 Å². The Labute approximate surface area is 104 Å². The van der Waals surface area contributed by atoms with E-state index in [1.54, 1.807) is 0 Å². The molecule has 2 atom stereocenters. The normalized spacial score (nSPS) is 16.2. The van der Waals surface area contributed by atoms with Crippen molar-refractivity contribution in [2.24, 2.45) is 5.73 Å². The Balaban J connectivity index is 3.13. The number of benzene rings is 1. The smallest absolute Gasteiger partial charge is 0.383 e. The lowest BCUT2D eigenvalue weighted by Gasteiger charge is -2.24. The first-order chi connectivity index (χ1) is 8.57. The van der Waals surface area contributed by atoms with E-state index < -0.39 is 36.5 Å². The first kappa shape index (κ1) is 15.8. The molecular formula is C11H11F6NO. The highest BCUT2D eigenvalue weighted by molar-refractivity contribution is 5.29. The number of halogens is 6. The predicted octanol–water partition coefficient (Wildman–Crippen LogP) is 2.67. The molecule has 0 fully saturated rings. The largest absolute Gasteiger partial charge is 0.416 e. The Morgan fingerprint density at radius 2 is 1.68 bits per heavy atom. The number of aliphatic hydroxyl groups excluding tert-OH is 1. The highest BCUT2D eigenvalue weighted by Crippen LogP contribution is 2.34. The second-order valence-electron chi connectivity index (χ2n) is 3.95. The van der Waals surface area contributed by atoms with Crippen LogP contribution < -0.4 is 5.73 Å². The second-order valence-corrected chi connectivity index (χ2v) is 3.95. The van der Waals surface area contributed by atoms with Crippen LogP contribution in [-0.4, -0.2) is 23.9 Å². The summed E-state index contributed by atoms with van der Waals surface area (Å²) in [5, 5.41) is 9.11. The summed E-state index contributed by atoms with van der Waals surface area (Å²) in [7, 11) is 0. The van der Waals surface area contributed by atoms with Gasteiger partial charge < -0.3 is 10.8 Å². The SMILES string of the molecule is NCC(c1cccc(C(F)(F)F)c1)C(O)C(F)(F)F. The van der Waals surface area contributed by atoms with Gasteiger partial charge in [-0.05, 0) is 11.6 Å². The zero-order valence-electron chi connectivity index (χ0n) is 9.46. The number of hydrogen-bond donors (Lipinski definition) is 2. The second kappa shape index (κ2) is 5.38. The van der Waals surface area contributed by atoms with Crippen molar-refractivity contribution >= 4 is 0 Å². The minimum absolute atomic E-state index is 0.304. The van der Waals surface area contributed by atoms with Gasteiger partial charge in [0.15, 0.2) is 6.10 Å². The summed E-state index contributed by atoms with van der Waals surface area (Å²) in [6.45, 7) is -0.623. The Morgan fingerprint density at radius 3 is 2.11 bits per heavy atom. The van der Waals surface area contributed by atoms with E-state index >= 15 is 0 Å². The van der Waals surface area contributed by atoms with Crippen LogP contribution in [0, 0.1) is 0 Å². The molecule has 0 bridgehead atoms. The zero-order chi connectivity index (χ0) is 14.8. The van der Waals surface area contributed by atoms with Gasteiger partial charge in [-0.3, -0.25) is 0 Å². The van der Waals surface area contributed by atoms with E-state index in [0.717, 1.165) is 18.2 Å². The molecule has 1 rings (SSSR count). The van der Waals surface area contributed by atoms with Crippen molar-refractivity contribution in [3.8, 4) is 0 Å². The highest BCUT2D eigenvalue weighted by atomic mass is 19.4. The van der Waals surface area contributed by atoms with Gasteiger partial charge >= 0.3 is 12.4 Å². The topological polar surface area (TPSA) is 46.2 Å². The van der Waals surface area contributed by atoms with Crippen LogP contribution in [0.1, 0.15) is 17.0 Å². The third-order valence-corrected chi connectivity index (χ3v) is 2.61. The van der Waals surface area contributed by atoms with Crippen LogP contribution >= 0.6 is 0 Å². The molecule has 0 heterocycles. The molecule has 0 aliphatic carbocycles. The maximum absolute atomic E-state index is 12.5. The van der Waals surface area contributed by atoms with Crippen molar-refractivity contribution < 1.29 is 31.4 Å². The Kier molecular flexibility index (Phi) is 4.46. The van der Waals surface area contributed by atoms with Crippen molar-refractivity contribution in [1.82, 2.24) is 0 Å². The van der Waals surface area contributed by atoms with Crippen LogP contribution in [0.15, 0.2) is 24.3 Å². The first-order valence-corrected chi connectivity index (χ1v) is 5.19. The Morgan fingerprint density at radius 1 is 1.11 bits per heavy atom. The third-order valence-electron chi connectivity index (χ3n) is 2.61. The van der Waals surface area contributed by atoms with Crippen molar-refractivity contribution in [2.75, 3.05) is 6.54 Å². The summed E-state index contributed by atoms with van der Waals surface area (Å²) in [4.78, 5) is 0. The van der Waals surface area contributed by atoms with Crippen molar-refractivity contribution in [2.45, 2.75) is 24.4 Å². The average molecular weight is 287 g/mol. The van der Waals surface area contributed by atoms with E-state index in [0.29, 0.717) is 6.07 Å². The third kappa shape index (κ3) is 3.84. The molecule has 2 nitrogen and oxygen atoms in total. The van der Waals surface area contributed by atoms with E-state index in [1.165, 1.54) is 0 Å². The number of nitrogens with two attached hydrogens (primary N) is 1. The molecule has 2 unspecified atom stereocenters. The summed E-state index contributed by atoms with van der Waals surface area (Å²) < 4.78 is 74.5. The van der Waals surface area contributed by atoms with Gasteiger partial charge in [0, 0.05) is 12.5 Å². The van der Waals surface area contributed by atoms with Crippen LogP contribution in [0.5, 0.6) is 0 Å². The molecule has 0 radical (unpaired) electrons. The molecule has 1 aromatic carbocycles. The van der Waals surface area contributed by atoms with Crippen LogP contribution in [0.4, 0.5) is 26.3 Å². The maximum Gasteiger partial charge on any atom is 0.416 e. The van der Waals surface area contributed by atoms with Crippen LogP contribution in [0.2, 0.25) is 0 Å². The van der Waals surface area contributed by atoms with E-state index in [-0.39, 0.29) is 5.56 Å². The first-order valence-electron chi connectivity index (χ1n) is 5.19. The molecule has 0 aliphatic heterocycles. The minimum atomic E-state index is -4.95. The quantitative estimate of drug-likeness (QED) is 0.840. The van der Waals surface area contributed by atoms with E-state index in [2.05, 4.69) is 0 Å². The van der Waals surface area contributed by atoms with Gasteiger partial charge in [0.1, 0.15) is 0 Å². The van der Waals surface area contributed by atoms with Crippen LogP contribution in [-0.2, 0) is 6.18 Å². The number of hydrogen-bond acceptors (Lipinski definition) is 2. The maximum atomic E-state index is 12.5. The van der Waals surface area contributed by atoms with Crippen molar-refractivity contribution in [1.29, 1.82) is 0 Å². The van der Waals surface area contributed by atoms with E-state index in [4.69, 9.17) is 10.8 Å². The van der Waals surface area contributed by atoms with Crippen LogP contribution in [0.3, 0.4) is 0 Å². The lowest BCUT2D eigenvalue weighted by atomic mass is 9.92. The molecule has 0 spiro atoms. The number of rotatable bonds is 3. The van der Waals surface area contributed by atoms with E-state index in [1.807, 2.05) is 0 Å². The molecule has 0 aromatic heterocycles. The monoisotopic (exact) mass is 287 g/mol. The zero-order valence-corrected chi connectivity index (χ0v) is 9.46. The fourth-order valence-electron chi connectivity index (χ4n) is 1.62. The summed E-state index contributed by atoms with van der Waals surface area (Å²) in [6, 6.07) is 3.34. The highest BCUT2D eigenvalue weighted by Gasteiger charge is 2.44. The van der Waals surface area contributed by atoms with Gasteiger partial charge in [-0.25, -0.2) is 0 Å². The molecule has 8 heteroatoms. The molecule has 108 valence electrons. The minimum Gasteiger partial charge on any atom is -0.383 e. The fourth-order valence-corrected chi connectivity index (χ4v) is 1.62. The molecule has 19 heavy (non-hydrogen) atoms. The summed E-state index contributed by atoms with van der Waals surface area (Å²) in [5.41, 5.74) is 3.73. The fraction of sp³-hybridized carbons (Fsp3) is 0.455. The van der Waals surface area contributed by atoms with Crippen molar-refractivity contribution in [3.05, 3.63) is 35.4 Å². The summed E-state index contributed by atoms with van der Waals surface area (Å²) in [5.74, 6) is -1.64. The van der Waals surface area contributed by atoms with Gasteiger partial charge in [-0.15, -0.1) is 0 Å². The number of aliphatic hydroxyl groups is 1. The molecule has 0 aliphatic rings. The summed E-state index contributed by atoms with van der Waals surface area (Å²) in [6.07, 6.45) is -12.4. The Bertz CT molecular complexity index is 428. The van der Waals surface area contributed by atoms with Gasteiger partial charge in [0.2, 0.25) is 0 Å². The lowest BCUT2D eigenvalue weighted by molar-refractivity contribution is -0.210. The summed E-state index contributed by atoms with van der Waals surface area (Å²) >= 11 is 0. The Hall–Kier alpha value is -1.28. The van der Waals surface area contributed by atoms with Gasteiger partial charge in [0.25, 0.3) is 0 Å². The molecule has 0 saturated carbocycles. The van der Waals surface area contributed by atoms with E-state index in [9.17, 15) is 26.3 Å². The molecule has 3 N–H and O–H groups in total. The predicted molar refractivity (Wildman–Crippen MR) is 55.3 cm³/mol.